The summed E-state index contributed by atoms with van der Waals surface area (Å²) in [6.07, 6.45) is 0. The zero-order chi connectivity index (χ0) is 13.8. The topological polar surface area (TPSA) is 70.7 Å². The molecule has 2 N–H and O–H groups in total. The second-order valence-electron chi connectivity index (χ2n) is 4.09. The molecule has 0 aliphatic rings. The average molecular weight is 278 g/mol. The monoisotopic (exact) mass is 278 g/mol. The molecule has 5 heteroatoms. The highest BCUT2D eigenvalue weighted by Gasteiger charge is 2.13. The van der Waals surface area contributed by atoms with E-state index >= 15 is 0 Å². The Morgan fingerprint density at radius 1 is 1.32 bits per heavy atom. The van der Waals surface area contributed by atoms with Crippen molar-refractivity contribution in [2.75, 3.05) is 0 Å². The Labute approximate surface area is 115 Å². The van der Waals surface area contributed by atoms with Crippen molar-refractivity contribution in [2.24, 2.45) is 0 Å². The van der Waals surface area contributed by atoms with Crippen molar-refractivity contribution in [3.63, 3.8) is 0 Å². The van der Waals surface area contributed by atoms with E-state index in [-0.39, 0.29) is 12.4 Å². The van der Waals surface area contributed by atoms with Gasteiger partial charge in [-0.25, -0.2) is 4.79 Å². The molecular weight excluding hydrogens is 264 g/mol. The van der Waals surface area contributed by atoms with Crippen molar-refractivity contribution in [3.05, 3.63) is 53.0 Å². The Balaban J connectivity index is 2.03. The maximum atomic E-state index is 10.8. The molecule has 0 saturated heterocycles. The third kappa shape index (κ3) is 3.39. The third-order valence-electron chi connectivity index (χ3n) is 2.73. The Morgan fingerprint density at radius 2 is 2.00 bits per heavy atom. The van der Waals surface area contributed by atoms with Crippen molar-refractivity contribution in [3.8, 4) is 0 Å². The van der Waals surface area contributed by atoms with Gasteiger partial charge in [0.15, 0.2) is 0 Å². The Morgan fingerprint density at radius 3 is 2.53 bits per heavy atom. The number of aliphatic hydroxyl groups excluding tert-OH is 1. The van der Waals surface area contributed by atoms with Gasteiger partial charge in [0.2, 0.25) is 5.76 Å². The van der Waals surface area contributed by atoms with E-state index in [4.69, 9.17) is 14.6 Å². The van der Waals surface area contributed by atoms with Gasteiger partial charge in [0, 0.05) is 16.2 Å². The fourth-order valence-electron chi connectivity index (χ4n) is 1.62. The number of hydrogen-bond donors (Lipinski definition) is 2. The molecular formula is C14H14O4S. The predicted octanol–water partition coefficient (Wildman–Crippen LogP) is 3.07. The molecule has 1 aromatic carbocycles. The molecule has 19 heavy (non-hydrogen) atoms. The number of rotatable bonds is 5. The molecule has 1 heterocycles. The van der Waals surface area contributed by atoms with Crippen LogP contribution < -0.4 is 0 Å². The maximum absolute atomic E-state index is 10.8. The van der Waals surface area contributed by atoms with Crippen molar-refractivity contribution in [1.29, 1.82) is 0 Å². The largest absolute Gasteiger partial charge is 0.475 e. The normalized spacial score (nSPS) is 10.6. The number of thioether (sulfide) groups is 1. The molecule has 0 saturated carbocycles. The molecule has 0 spiro atoms. The van der Waals surface area contributed by atoms with Crippen LogP contribution in [-0.4, -0.2) is 16.2 Å². The first-order valence-corrected chi connectivity index (χ1v) is 6.74. The Kier molecular flexibility index (Phi) is 4.29. The number of carboxylic acid groups (broad SMARTS) is 1. The van der Waals surface area contributed by atoms with Crippen LogP contribution in [0.1, 0.15) is 27.4 Å². The Hall–Kier alpha value is -1.72. The number of benzene rings is 1. The first-order valence-electron chi connectivity index (χ1n) is 5.75. The molecule has 100 valence electrons. The molecule has 0 aliphatic heterocycles. The summed E-state index contributed by atoms with van der Waals surface area (Å²) < 4.78 is 5.16. The van der Waals surface area contributed by atoms with Gasteiger partial charge >= 0.3 is 5.97 Å². The molecule has 0 bridgehead atoms. The predicted molar refractivity (Wildman–Crippen MR) is 72.3 cm³/mol. The van der Waals surface area contributed by atoms with Crippen molar-refractivity contribution >= 4 is 17.7 Å². The van der Waals surface area contributed by atoms with Crippen LogP contribution >= 0.6 is 11.8 Å². The highest BCUT2D eigenvalue weighted by atomic mass is 32.2. The number of aromatic carboxylic acids is 1. The van der Waals surface area contributed by atoms with Gasteiger partial charge in [-0.2, -0.15) is 0 Å². The molecule has 2 rings (SSSR count). The second kappa shape index (κ2) is 5.95. The second-order valence-corrected chi connectivity index (χ2v) is 5.14. The number of hydrogen-bond acceptors (Lipinski definition) is 4. The van der Waals surface area contributed by atoms with Crippen molar-refractivity contribution in [1.82, 2.24) is 0 Å². The molecule has 0 atom stereocenters. The van der Waals surface area contributed by atoms with Crippen molar-refractivity contribution < 1.29 is 19.4 Å². The number of furan rings is 1. The number of aryl methyl sites for hydroxylation is 1. The maximum Gasteiger partial charge on any atom is 0.371 e. The van der Waals surface area contributed by atoms with E-state index in [0.717, 1.165) is 16.0 Å². The van der Waals surface area contributed by atoms with Crippen LogP contribution in [0, 0.1) is 6.92 Å². The summed E-state index contributed by atoms with van der Waals surface area (Å²) in [7, 11) is 0. The lowest BCUT2D eigenvalue weighted by molar-refractivity contribution is 0.0661. The third-order valence-corrected chi connectivity index (χ3v) is 3.79. The molecule has 0 unspecified atom stereocenters. The SMILES string of the molecule is Cc1oc(C(=O)O)cc1CSc1ccc(CO)cc1. The van der Waals surface area contributed by atoms with Gasteiger partial charge in [-0.3, -0.25) is 0 Å². The van der Waals surface area contributed by atoms with Gasteiger partial charge in [0.1, 0.15) is 5.76 Å². The van der Waals surface area contributed by atoms with Gasteiger partial charge in [-0.05, 0) is 30.7 Å². The van der Waals surface area contributed by atoms with Crippen molar-refractivity contribution in [2.45, 2.75) is 24.2 Å². The minimum absolute atomic E-state index is 0.0243. The molecule has 1 aromatic heterocycles. The lowest BCUT2D eigenvalue weighted by atomic mass is 10.2. The fraction of sp³-hybridized carbons (Fsp3) is 0.214. The van der Waals surface area contributed by atoms with Crippen LogP contribution in [0.5, 0.6) is 0 Å². The van der Waals surface area contributed by atoms with E-state index in [1.54, 1.807) is 24.8 Å². The zero-order valence-corrected chi connectivity index (χ0v) is 11.2. The van der Waals surface area contributed by atoms with E-state index in [1.807, 2.05) is 24.3 Å². The van der Waals surface area contributed by atoms with E-state index in [2.05, 4.69) is 0 Å². The quantitative estimate of drug-likeness (QED) is 0.822. The van der Waals surface area contributed by atoms with E-state index in [0.29, 0.717) is 11.5 Å². The zero-order valence-electron chi connectivity index (χ0n) is 10.4. The molecule has 4 nitrogen and oxygen atoms in total. The summed E-state index contributed by atoms with van der Waals surface area (Å²) in [5.74, 6) is 0.216. The number of carboxylic acids is 1. The van der Waals surface area contributed by atoms with E-state index in [1.165, 1.54) is 0 Å². The molecule has 0 amide bonds. The minimum Gasteiger partial charge on any atom is -0.475 e. The molecule has 0 aliphatic carbocycles. The molecule has 0 radical (unpaired) electrons. The van der Waals surface area contributed by atoms with Crippen LogP contribution in [0.2, 0.25) is 0 Å². The lowest BCUT2D eigenvalue weighted by Crippen LogP contribution is -1.91. The average Bonchev–Trinajstić information content (AvgIpc) is 2.79. The number of carbonyl (C=O) groups is 1. The summed E-state index contributed by atoms with van der Waals surface area (Å²) in [5.41, 5.74) is 1.76. The van der Waals surface area contributed by atoms with Gasteiger partial charge in [0.25, 0.3) is 0 Å². The highest BCUT2D eigenvalue weighted by molar-refractivity contribution is 7.98. The number of aliphatic hydroxyl groups is 1. The first kappa shape index (κ1) is 13.7. The molecule has 0 fully saturated rings. The minimum atomic E-state index is -1.05. The van der Waals surface area contributed by atoms with Gasteiger partial charge < -0.3 is 14.6 Å². The summed E-state index contributed by atoms with van der Waals surface area (Å²) in [5, 5.41) is 17.8. The summed E-state index contributed by atoms with van der Waals surface area (Å²) in [6, 6.07) is 9.17. The van der Waals surface area contributed by atoms with Gasteiger partial charge in [-0.15, -0.1) is 11.8 Å². The molecule has 2 aromatic rings. The summed E-state index contributed by atoms with van der Waals surface area (Å²) in [4.78, 5) is 11.9. The van der Waals surface area contributed by atoms with Crippen LogP contribution in [-0.2, 0) is 12.4 Å². The Bertz CT molecular complexity index is 572. The standard InChI is InChI=1S/C14H14O4S/c1-9-11(6-13(18-9)14(16)17)8-19-12-4-2-10(7-15)3-5-12/h2-6,15H,7-8H2,1H3,(H,16,17). The lowest BCUT2D eigenvalue weighted by Gasteiger charge is -2.02. The summed E-state index contributed by atoms with van der Waals surface area (Å²) >= 11 is 1.60. The van der Waals surface area contributed by atoms with E-state index in [9.17, 15) is 4.79 Å². The smallest absolute Gasteiger partial charge is 0.371 e. The van der Waals surface area contributed by atoms with Crippen LogP contribution in [0.4, 0.5) is 0 Å². The highest BCUT2D eigenvalue weighted by Crippen LogP contribution is 2.26. The first-order chi connectivity index (χ1) is 9.10. The van der Waals surface area contributed by atoms with Crippen LogP contribution in [0.3, 0.4) is 0 Å². The van der Waals surface area contributed by atoms with Crippen LogP contribution in [0.25, 0.3) is 0 Å². The van der Waals surface area contributed by atoms with E-state index < -0.39 is 5.97 Å². The van der Waals surface area contributed by atoms with Gasteiger partial charge in [0.05, 0.1) is 6.61 Å². The van der Waals surface area contributed by atoms with Gasteiger partial charge in [-0.1, -0.05) is 12.1 Å². The van der Waals surface area contributed by atoms with Crippen LogP contribution in [0.15, 0.2) is 39.6 Å². The fourth-order valence-corrected chi connectivity index (χ4v) is 2.56. The summed E-state index contributed by atoms with van der Waals surface area (Å²) in [6.45, 7) is 1.80.